The van der Waals surface area contributed by atoms with Gasteiger partial charge in [-0.1, -0.05) is 0 Å². The van der Waals surface area contributed by atoms with Crippen LogP contribution in [0.1, 0.15) is 32.6 Å². The maximum Gasteiger partial charge on any atom is 0.362 e. The molecule has 22 heavy (non-hydrogen) atoms. The standard InChI is InChI=1S/C12H19FO8S/c1-11(13,22(16,17)18)10(15)20-9-4-2-3-5-12(9)19-7-8(6-14)21-12/h8-9,14H,2-7H2,1H3,(H,16,17,18). The van der Waals surface area contributed by atoms with E-state index in [-0.39, 0.29) is 13.2 Å². The summed E-state index contributed by atoms with van der Waals surface area (Å²) < 4.78 is 60.6. The van der Waals surface area contributed by atoms with Crippen molar-refractivity contribution in [3.05, 3.63) is 0 Å². The normalized spacial score (nSPS) is 35.3. The Balaban J connectivity index is 2.15. The third-order valence-electron chi connectivity index (χ3n) is 3.91. The fourth-order valence-corrected chi connectivity index (χ4v) is 2.80. The molecular weight excluding hydrogens is 323 g/mol. The van der Waals surface area contributed by atoms with E-state index in [0.29, 0.717) is 26.2 Å². The van der Waals surface area contributed by atoms with Crippen molar-refractivity contribution in [3.8, 4) is 0 Å². The number of esters is 1. The first-order chi connectivity index (χ1) is 10.1. The molecule has 1 aliphatic carbocycles. The molecule has 2 fully saturated rings. The Morgan fingerprint density at radius 2 is 2.18 bits per heavy atom. The van der Waals surface area contributed by atoms with Gasteiger partial charge in [0.2, 0.25) is 5.79 Å². The maximum absolute atomic E-state index is 13.9. The van der Waals surface area contributed by atoms with E-state index in [0.717, 1.165) is 6.42 Å². The third-order valence-corrected chi connectivity index (χ3v) is 5.05. The number of hydrogen-bond acceptors (Lipinski definition) is 7. The van der Waals surface area contributed by atoms with E-state index >= 15 is 0 Å². The molecule has 2 aliphatic rings. The Morgan fingerprint density at radius 1 is 1.50 bits per heavy atom. The number of carbonyl (C=O) groups is 1. The monoisotopic (exact) mass is 342 g/mol. The van der Waals surface area contributed by atoms with Gasteiger partial charge in [-0.3, -0.25) is 4.55 Å². The molecule has 2 N–H and O–H groups in total. The largest absolute Gasteiger partial charge is 0.453 e. The van der Waals surface area contributed by atoms with Crippen LogP contribution in [0.15, 0.2) is 0 Å². The van der Waals surface area contributed by atoms with Crippen molar-refractivity contribution in [2.45, 2.75) is 55.6 Å². The highest BCUT2D eigenvalue weighted by Gasteiger charge is 2.55. The average molecular weight is 342 g/mol. The smallest absolute Gasteiger partial charge is 0.362 e. The highest BCUT2D eigenvalue weighted by molar-refractivity contribution is 7.87. The zero-order valence-electron chi connectivity index (χ0n) is 12.0. The Labute approximate surface area is 127 Å². The third kappa shape index (κ3) is 3.11. The van der Waals surface area contributed by atoms with Crippen LogP contribution in [-0.2, 0) is 29.1 Å². The Hall–Kier alpha value is -0.810. The van der Waals surface area contributed by atoms with Crippen LogP contribution < -0.4 is 0 Å². The van der Waals surface area contributed by atoms with Gasteiger partial charge in [0.25, 0.3) is 0 Å². The zero-order chi connectivity index (χ0) is 16.6. The van der Waals surface area contributed by atoms with Gasteiger partial charge in [0, 0.05) is 6.42 Å². The van der Waals surface area contributed by atoms with Crippen LogP contribution in [0.5, 0.6) is 0 Å². The second-order valence-electron chi connectivity index (χ2n) is 5.58. The van der Waals surface area contributed by atoms with Crippen LogP contribution in [-0.4, -0.2) is 60.3 Å². The predicted octanol–water partition coefficient (Wildman–Crippen LogP) is 0.150. The molecule has 1 saturated carbocycles. The van der Waals surface area contributed by atoms with Crippen LogP contribution in [0, 0.1) is 0 Å². The molecular formula is C12H19FO8S. The molecule has 4 unspecified atom stereocenters. The topological polar surface area (TPSA) is 119 Å². The number of aliphatic hydroxyl groups is 1. The van der Waals surface area contributed by atoms with Crippen molar-refractivity contribution in [2.24, 2.45) is 0 Å². The predicted molar refractivity (Wildman–Crippen MR) is 70.1 cm³/mol. The summed E-state index contributed by atoms with van der Waals surface area (Å²) in [7, 11) is -5.27. The maximum atomic E-state index is 13.9. The lowest BCUT2D eigenvalue weighted by Gasteiger charge is -2.39. The van der Waals surface area contributed by atoms with Gasteiger partial charge in [0.15, 0.2) is 6.10 Å². The lowest BCUT2D eigenvalue weighted by molar-refractivity contribution is -0.255. The van der Waals surface area contributed by atoms with Gasteiger partial charge in [0.05, 0.1) is 13.2 Å². The van der Waals surface area contributed by atoms with E-state index in [9.17, 15) is 17.6 Å². The molecule has 2 rings (SSSR count). The number of ether oxygens (including phenoxy) is 3. The van der Waals surface area contributed by atoms with Crippen LogP contribution >= 0.6 is 0 Å². The molecule has 0 radical (unpaired) electrons. The van der Waals surface area contributed by atoms with Gasteiger partial charge in [-0.05, 0) is 26.2 Å². The van der Waals surface area contributed by atoms with Crippen molar-refractivity contribution in [1.29, 1.82) is 0 Å². The molecule has 0 aromatic heterocycles. The fourth-order valence-electron chi connectivity index (χ4n) is 2.54. The summed E-state index contributed by atoms with van der Waals surface area (Å²) in [6, 6.07) is 0. The van der Waals surface area contributed by atoms with E-state index < -0.39 is 39.1 Å². The van der Waals surface area contributed by atoms with Gasteiger partial charge in [-0.2, -0.15) is 8.42 Å². The molecule has 10 heteroatoms. The minimum atomic E-state index is -5.27. The Morgan fingerprint density at radius 3 is 2.73 bits per heavy atom. The first-order valence-electron chi connectivity index (χ1n) is 6.92. The summed E-state index contributed by atoms with van der Waals surface area (Å²) in [5.41, 5.74) is 0. The minimum absolute atomic E-state index is 0.0930. The van der Waals surface area contributed by atoms with Crippen LogP contribution in [0.2, 0.25) is 0 Å². The second kappa shape index (κ2) is 6.00. The first-order valence-corrected chi connectivity index (χ1v) is 8.36. The second-order valence-corrected chi connectivity index (χ2v) is 7.29. The number of aliphatic hydroxyl groups excluding tert-OH is 1. The van der Waals surface area contributed by atoms with Gasteiger partial charge in [0.1, 0.15) is 6.10 Å². The van der Waals surface area contributed by atoms with Crippen molar-refractivity contribution in [3.63, 3.8) is 0 Å². The highest BCUT2D eigenvalue weighted by Crippen LogP contribution is 2.40. The van der Waals surface area contributed by atoms with Crippen molar-refractivity contribution < 1.29 is 41.5 Å². The Bertz CT molecular complexity index is 533. The fraction of sp³-hybridized carbons (Fsp3) is 0.917. The number of carbonyl (C=O) groups excluding carboxylic acids is 1. The van der Waals surface area contributed by atoms with Crippen LogP contribution in [0.3, 0.4) is 0 Å². The SMILES string of the molecule is CC(F)(C(=O)OC1CCCCC12OCC(CO)O2)S(=O)(=O)O. The van der Waals surface area contributed by atoms with E-state index in [1.807, 2.05) is 0 Å². The molecule has 128 valence electrons. The summed E-state index contributed by atoms with van der Waals surface area (Å²) in [5, 5.41) is 5.53. The van der Waals surface area contributed by atoms with Gasteiger partial charge in [-0.25, -0.2) is 9.18 Å². The molecule has 1 saturated heterocycles. The molecule has 0 amide bonds. The van der Waals surface area contributed by atoms with E-state index in [1.54, 1.807) is 0 Å². The average Bonchev–Trinajstić information content (AvgIpc) is 2.84. The van der Waals surface area contributed by atoms with Crippen LogP contribution in [0.25, 0.3) is 0 Å². The summed E-state index contributed by atoms with van der Waals surface area (Å²) in [6.07, 6.45) is 0.448. The molecule has 0 aromatic rings. The quantitative estimate of drug-likeness (QED) is 0.547. The molecule has 1 aliphatic heterocycles. The van der Waals surface area contributed by atoms with Crippen molar-refractivity contribution in [1.82, 2.24) is 0 Å². The van der Waals surface area contributed by atoms with Crippen molar-refractivity contribution in [2.75, 3.05) is 13.2 Å². The summed E-state index contributed by atoms with van der Waals surface area (Å²) in [4.78, 5) is 11.8. The summed E-state index contributed by atoms with van der Waals surface area (Å²) >= 11 is 0. The van der Waals surface area contributed by atoms with Gasteiger partial charge < -0.3 is 19.3 Å². The number of alkyl halides is 1. The summed E-state index contributed by atoms with van der Waals surface area (Å²) in [5.74, 6) is -3.03. The molecule has 0 bridgehead atoms. The molecule has 0 aromatic carbocycles. The van der Waals surface area contributed by atoms with Gasteiger partial charge in [-0.15, -0.1) is 0 Å². The van der Waals surface area contributed by atoms with E-state index in [1.165, 1.54) is 0 Å². The number of halogens is 1. The molecule has 4 atom stereocenters. The first kappa shape index (κ1) is 17.5. The van der Waals surface area contributed by atoms with E-state index in [2.05, 4.69) is 0 Å². The molecule has 8 nitrogen and oxygen atoms in total. The lowest BCUT2D eigenvalue weighted by Crippen LogP contribution is -2.52. The van der Waals surface area contributed by atoms with Crippen LogP contribution in [0.4, 0.5) is 4.39 Å². The number of hydrogen-bond donors (Lipinski definition) is 2. The van der Waals surface area contributed by atoms with Gasteiger partial charge >= 0.3 is 21.1 Å². The highest BCUT2D eigenvalue weighted by atomic mass is 32.2. The van der Waals surface area contributed by atoms with Crippen molar-refractivity contribution >= 4 is 16.1 Å². The molecule has 1 spiro atoms. The molecule has 1 heterocycles. The number of rotatable bonds is 4. The minimum Gasteiger partial charge on any atom is -0.453 e. The Kier molecular flexibility index (Phi) is 4.79. The lowest BCUT2D eigenvalue weighted by atomic mass is 9.91. The summed E-state index contributed by atoms with van der Waals surface area (Å²) in [6.45, 7) is 0.219. The zero-order valence-corrected chi connectivity index (χ0v) is 12.8. The van der Waals surface area contributed by atoms with E-state index in [4.69, 9.17) is 23.9 Å².